The smallest absolute Gasteiger partial charge is 0.343 e. The van der Waals surface area contributed by atoms with Crippen LogP contribution in [0.15, 0.2) is 29.5 Å². The van der Waals surface area contributed by atoms with Gasteiger partial charge in [-0.15, -0.1) is 0 Å². The van der Waals surface area contributed by atoms with E-state index in [0.29, 0.717) is 19.7 Å². The van der Waals surface area contributed by atoms with Gasteiger partial charge in [0.1, 0.15) is 11.8 Å². The number of nitro benzene ring substituents is 1. The maximum absolute atomic E-state index is 13.0. The van der Waals surface area contributed by atoms with Gasteiger partial charge in [0, 0.05) is 36.5 Å². The van der Waals surface area contributed by atoms with Gasteiger partial charge in [-0.25, -0.2) is 4.79 Å². The van der Waals surface area contributed by atoms with Gasteiger partial charge in [0.2, 0.25) is 5.78 Å². The number of carbonyl (C=O) groups excluding carboxylic acids is 2. The number of carbonyl (C=O) groups is 2. The van der Waals surface area contributed by atoms with Crippen molar-refractivity contribution in [1.82, 2.24) is 10.6 Å². The van der Waals surface area contributed by atoms with Crippen LogP contribution in [0.1, 0.15) is 24.2 Å². The number of hydrogen-bond acceptors (Lipinski definition) is 8. The van der Waals surface area contributed by atoms with Crippen LogP contribution < -0.4 is 10.6 Å². The number of benzene rings is 1. The lowest BCUT2D eigenvalue weighted by molar-refractivity contribution is -0.384. The van der Waals surface area contributed by atoms with Crippen LogP contribution in [-0.2, 0) is 14.3 Å². The standard InChI is InChI=1S/C17H20ClN3O6/c1-3-26-17(23)15(10(2)20-14-9-19-6-7-27-14)16(22)12-8-11(21(24)25)4-5-13(12)18/h4-5,8,14,19-20H,3,6-7,9H2,1-2H3/b15-10-. The molecule has 27 heavy (non-hydrogen) atoms. The Balaban J connectivity index is 2.42. The van der Waals surface area contributed by atoms with Gasteiger partial charge < -0.3 is 20.1 Å². The number of ketones is 1. The molecule has 0 amide bonds. The first-order valence-electron chi connectivity index (χ1n) is 8.30. The molecule has 1 fully saturated rings. The minimum absolute atomic E-state index is 0.00391. The number of Topliss-reactive ketones (excluding diaryl/α,β-unsaturated/α-hetero) is 1. The first-order valence-corrected chi connectivity index (χ1v) is 8.68. The molecule has 1 aromatic rings. The molecule has 0 bridgehead atoms. The van der Waals surface area contributed by atoms with E-state index in [9.17, 15) is 19.7 Å². The van der Waals surface area contributed by atoms with Gasteiger partial charge in [-0.3, -0.25) is 14.9 Å². The number of nitrogens with one attached hydrogen (secondary N) is 2. The van der Waals surface area contributed by atoms with Crippen molar-refractivity contribution in [1.29, 1.82) is 0 Å². The van der Waals surface area contributed by atoms with Gasteiger partial charge in [-0.05, 0) is 19.9 Å². The second-order valence-corrected chi connectivity index (χ2v) is 6.09. The highest BCUT2D eigenvalue weighted by atomic mass is 35.5. The molecule has 0 radical (unpaired) electrons. The number of halogens is 1. The molecule has 1 atom stereocenters. The summed E-state index contributed by atoms with van der Waals surface area (Å²) in [5, 5.41) is 17.1. The predicted octanol–water partition coefficient (Wildman–Crippen LogP) is 1.80. The van der Waals surface area contributed by atoms with Crippen molar-refractivity contribution < 1.29 is 24.0 Å². The normalized spacial score (nSPS) is 17.7. The molecular formula is C17H20ClN3O6. The van der Waals surface area contributed by atoms with E-state index in [2.05, 4.69) is 10.6 Å². The average molecular weight is 398 g/mol. The van der Waals surface area contributed by atoms with Gasteiger partial charge in [0.15, 0.2) is 0 Å². The molecule has 0 aliphatic carbocycles. The quantitative estimate of drug-likeness (QED) is 0.136. The van der Waals surface area contributed by atoms with Crippen molar-refractivity contribution >= 4 is 29.0 Å². The topological polar surface area (TPSA) is 120 Å². The zero-order valence-electron chi connectivity index (χ0n) is 14.9. The molecule has 1 unspecified atom stereocenters. The molecule has 10 heteroatoms. The number of nitrogens with zero attached hydrogens (tertiary/aromatic N) is 1. The third-order valence-corrected chi connectivity index (χ3v) is 4.12. The number of nitro groups is 1. The fourth-order valence-corrected chi connectivity index (χ4v) is 2.73. The minimum Gasteiger partial charge on any atom is -0.462 e. The van der Waals surface area contributed by atoms with Crippen LogP contribution >= 0.6 is 11.6 Å². The highest BCUT2D eigenvalue weighted by Gasteiger charge is 2.28. The lowest BCUT2D eigenvalue weighted by Crippen LogP contribution is -2.46. The Labute approximate surface area is 160 Å². The number of allylic oxidation sites excluding steroid dienone is 1. The van der Waals surface area contributed by atoms with Crippen LogP contribution in [0.25, 0.3) is 0 Å². The molecule has 0 spiro atoms. The van der Waals surface area contributed by atoms with Crippen molar-refractivity contribution in [3.8, 4) is 0 Å². The lowest BCUT2D eigenvalue weighted by atomic mass is 10.0. The molecule has 0 saturated carbocycles. The first kappa shape index (κ1) is 20.8. The van der Waals surface area contributed by atoms with Gasteiger partial charge in [-0.1, -0.05) is 11.6 Å². The molecule has 146 valence electrons. The summed E-state index contributed by atoms with van der Waals surface area (Å²) in [4.78, 5) is 35.7. The zero-order chi connectivity index (χ0) is 20.0. The van der Waals surface area contributed by atoms with Crippen molar-refractivity contribution in [2.45, 2.75) is 20.1 Å². The second kappa shape index (κ2) is 9.45. The average Bonchev–Trinajstić information content (AvgIpc) is 2.63. The van der Waals surface area contributed by atoms with E-state index >= 15 is 0 Å². The molecule has 1 aromatic carbocycles. The fraction of sp³-hybridized carbons (Fsp3) is 0.412. The molecule has 2 N–H and O–H groups in total. The van der Waals surface area contributed by atoms with Gasteiger partial charge in [0.05, 0.1) is 23.2 Å². The Hall–Kier alpha value is -2.49. The Morgan fingerprint density at radius 3 is 2.81 bits per heavy atom. The number of esters is 1. The van der Waals surface area contributed by atoms with E-state index < -0.39 is 22.9 Å². The monoisotopic (exact) mass is 397 g/mol. The van der Waals surface area contributed by atoms with Crippen LogP contribution in [0.2, 0.25) is 5.02 Å². The van der Waals surface area contributed by atoms with Gasteiger partial charge >= 0.3 is 5.97 Å². The maximum atomic E-state index is 13.0. The van der Waals surface area contributed by atoms with Crippen LogP contribution in [0.4, 0.5) is 5.69 Å². The SMILES string of the molecule is CCOC(=O)/C(C(=O)c1cc([N+](=O)[O-])ccc1Cl)=C(/C)NC1CNCCO1. The summed E-state index contributed by atoms with van der Waals surface area (Å²) in [6.07, 6.45) is -0.434. The number of ether oxygens (including phenoxy) is 2. The molecule has 9 nitrogen and oxygen atoms in total. The van der Waals surface area contributed by atoms with E-state index in [-0.39, 0.29) is 34.2 Å². The number of non-ortho nitro benzene ring substituents is 1. The van der Waals surface area contributed by atoms with E-state index in [0.717, 1.165) is 6.07 Å². The summed E-state index contributed by atoms with van der Waals surface area (Å²) in [5.41, 5.74) is -0.516. The highest BCUT2D eigenvalue weighted by Crippen LogP contribution is 2.25. The summed E-state index contributed by atoms with van der Waals surface area (Å²) >= 11 is 6.04. The molecule has 1 heterocycles. The van der Waals surface area contributed by atoms with E-state index in [1.807, 2.05) is 0 Å². The summed E-state index contributed by atoms with van der Waals surface area (Å²) in [6.45, 7) is 4.87. The molecular weight excluding hydrogens is 378 g/mol. The van der Waals surface area contributed by atoms with Crippen molar-refractivity contribution in [2.24, 2.45) is 0 Å². The molecule has 1 aliphatic heterocycles. The van der Waals surface area contributed by atoms with E-state index in [1.54, 1.807) is 6.92 Å². The van der Waals surface area contributed by atoms with E-state index in [4.69, 9.17) is 21.1 Å². The third kappa shape index (κ3) is 5.25. The largest absolute Gasteiger partial charge is 0.462 e. The molecule has 1 aliphatic rings. The maximum Gasteiger partial charge on any atom is 0.343 e. The number of morpholine rings is 1. The first-order chi connectivity index (χ1) is 12.8. The fourth-order valence-electron chi connectivity index (χ4n) is 2.53. The van der Waals surface area contributed by atoms with Crippen LogP contribution in [0.3, 0.4) is 0 Å². The van der Waals surface area contributed by atoms with Gasteiger partial charge in [0.25, 0.3) is 5.69 Å². The summed E-state index contributed by atoms with van der Waals surface area (Å²) in [6, 6.07) is 3.46. The van der Waals surface area contributed by atoms with Crippen LogP contribution in [0, 0.1) is 10.1 Å². The third-order valence-electron chi connectivity index (χ3n) is 3.79. The van der Waals surface area contributed by atoms with Crippen molar-refractivity contribution in [3.63, 3.8) is 0 Å². The van der Waals surface area contributed by atoms with Crippen molar-refractivity contribution in [3.05, 3.63) is 50.2 Å². The molecule has 1 saturated heterocycles. The second-order valence-electron chi connectivity index (χ2n) is 5.68. The Kier molecular flexibility index (Phi) is 7.28. The zero-order valence-corrected chi connectivity index (χ0v) is 15.7. The van der Waals surface area contributed by atoms with Crippen LogP contribution in [-0.4, -0.2) is 49.2 Å². The van der Waals surface area contributed by atoms with E-state index in [1.165, 1.54) is 19.1 Å². The molecule has 2 rings (SSSR count). The minimum atomic E-state index is -0.848. The predicted molar refractivity (Wildman–Crippen MR) is 97.5 cm³/mol. The summed E-state index contributed by atoms with van der Waals surface area (Å²) < 4.78 is 10.5. The summed E-state index contributed by atoms with van der Waals surface area (Å²) in [7, 11) is 0. The Morgan fingerprint density at radius 1 is 1.48 bits per heavy atom. The number of rotatable bonds is 7. The Morgan fingerprint density at radius 2 is 2.22 bits per heavy atom. The summed E-state index contributed by atoms with van der Waals surface area (Å²) in [5.74, 6) is -1.62. The lowest BCUT2D eigenvalue weighted by Gasteiger charge is -2.26. The van der Waals surface area contributed by atoms with Crippen molar-refractivity contribution in [2.75, 3.05) is 26.3 Å². The molecule has 0 aromatic heterocycles. The van der Waals surface area contributed by atoms with Crippen LogP contribution in [0.5, 0.6) is 0 Å². The number of hydrogen-bond donors (Lipinski definition) is 2. The Bertz CT molecular complexity index is 774. The van der Waals surface area contributed by atoms with Gasteiger partial charge in [-0.2, -0.15) is 0 Å². The highest BCUT2D eigenvalue weighted by molar-refractivity contribution is 6.37.